The summed E-state index contributed by atoms with van der Waals surface area (Å²) in [5.74, 6) is -3.03. The molecule has 0 aromatic heterocycles. The van der Waals surface area contributed by atoms with Crippen LogP contribution in [-0.2, 0) is 14.8 Å². The molecule has 0 spiro atoms. The third kappa shape index (κ3) is 4.21. The molecule has 0 aliphatic carbocycles. The number of nitrogens with zero attached hydrogens (tertiary/aromatic N) is 1. The molecule has 0 bridgehead atoms. The lowest BCUT2D eigenvalue weighted by atomic mass is 9.79. The maximum atomic E-state index is 13.9. The topological polar surface area (TPSA) is 118 Å². The van der Waals surface area contributed by atoms with Gasteiger partial charge in [0.1, 0.15) is 5.82 Å². The summed E-state index contributed by atoms with van der Waals surface area (Å²) in [4.78, 5) is 22.1. The molecule has 1 unspecified atom stereocenters. The number of hydrogen-bond acceptors (Lipinski definition) is 4. The molecule has 1 aliphatic heterocycles. The molecule has 1 fully saturated rings. The average Bonchev–Trinajstić information content (AvgIpc) is 2.54. The maximum absolute atomic E-state index is 13.9. The standard InChI is InChI=1S/C17H23FN2O5S/c1-17(2,16(19)23)9-11-4-3-7-20(10-11)26(24,25)12-5-6-13(15(21)22)14(18)8-12/h5-6,8,11H,3-4,7,9-10H2,1-2H3,(H2,19,23)(H,21,22). The number of carbonyl (C=O) groups excluding carboxylic acids is 1. The molecule has 0 saturated carbocycles. The molecule has 1 saturated heterocycles. The third-order valence-electron chi connectivity index (χ3n) is 4.76. The minimum Gasteiger partial charge on any atom is -0.478 e. The molecule has 1 aromatic rings. The fourth-order valence-electron chi connectivity index (χ4n) is 3.21. The van der Waals surface area contributed by atoms with E-state index in [1.807, 2.05) is 0 Å². The molecule has 144 valence electrons. The Hall–Kier alpha value is -2.00. The van der Waals surface area contributed by atoms with Gasteiger partial charge in [-0.2, -0.15) is 4.31 Å². The molecule has 1 amide bonds. The van der Waals surface area contributed by atoms with E-state index in [-0.39, 0.29) is 23.9 Å². The number of hydrogen-bond donors (Lipinski definition) is 2. The summed E-state index contributed by atoms with van der Waals surface area (Å²) in [5, 5.41) is 8.86. The van der Waals surface area contributed by atoms with Gasteiger partial charge in [0.05, 0.1) is 10.5 Å². The van der Waals surface area contributed by atoms with Crippen molar-refractivity contribution >= 4 is 21.9 Å². The smallest absolute Gasteiger partial charge is 0.338 e. The molecule has 26 heavy (non-hydrogen) atoms. The van der Waals surface area contributed by atoms with E-state index in [1.54, 1.807) is 13.8 Å². The van der Waals surface area contributed by atoms with Crippen LogP contribution in [0, 0.1) is 17.2 Å². The van der Waals surface area contributed by atoms with Gasteiger partial charge in [-0.05, 0) is 43.4 Å². The number of sulfonamides is 1. The van der Waals surface area contributed by atoms with Crippen LogP contribution in [0.1, 0.15) is 43.5 Å². The Balaban J connectivity index is 2.22. The Kier molecular flexibility index (Phi) is 5.72. The number of amides is 1. The van der Waals surface area contributed by atoms with Gasteiger partial charge in [0.25, 0.3) is 0 Å². The zero-order valence-corrected chi connectivity index (χ0v) is 15.6. The predicted molar refractivity (Wildman–Crippen MR) is 92.4 cm³/mol. The summed E-state index contributed by atoms with van der Waals surface area (Å²) < 4.78 is 40.7. The van der Waals surface area contributed by atoms with E-state index in [0.29, 0.717) is 12.8 Å². The Bertz CT molecular complexity index is 822. The number of carboxylic acids is 1. The third-order valence-corrected chi connectivity index (χ3v) is 6.62. The van der Waals surface area contributed by atoms with Crippen molar-refractivity contribution in [2.75, 3.05) is 13.1 Å². The zero-order valence-electron chi connectivity index (χ0n) is 14.7. The van der Waals surface area contributed by atoms with Crippen LogP contribution in [0.3, 0.4) is 0 Å². The van der Waals surface area contributed by atoms with Crippen molar-refractivity contribution in [1.29, 1.82) is 0 Å². The number of nitrogens with two attached hydrogens (primary N) is 1. The lowest BCUT2D eigenvalue weighted by molar-refractivity contribution is -0.127. The molecular formula is C17H23FN2O5S. The largest absolute Gasteiger partial charge is 0.478 e. The van der Waals surface area contributed by atoms with Crippen LogP contribution < -0.4 is 5.73 Å². The van der Waals surface area contributed by atoms with Gasteiger partial charge >= 0.3 is 5.97 Å². The summed E-state index contributed by atoms with van der Waals surface area (Å²) in [6, 6.07) is 2.77. The van der Waals surface area contributed by atoms with Crippen LogP contribution in [0.5, 0.6) is 0 Å². The summed E-state index contributed by atoms with van der Waals surface area (Å²) in [7, 11) is -3.95. The van der Waals surface area contributed by atoms with Gasteiger partial charge in [-0.1, -0.05) is 13.8 Å². The van der Waals surface area contributed by atoms with E-state index >= 15 is 0 Å². The number of aromatic carboxylic acids is 1. The fraction of sp³-hybridized carbons (Fsp3) is 0.529. The van der Waals surface area contributed by atoms with Gasteiger partial charge in [-0.25, -0.2) is 17.6 Å². The molecule has 9 heteroatoms. The lowest BCUT2D eigenvalue weighted by Gasteiger charge is -2.35. The number of primary amides is 1. The van der Waals surface area contributed by atoms with E-state index in [0.717, 1.165) is 24.6 Å². The Morgan fingerprint density at radius 2 is 2.04 bits per heavy atom. The van der Waals surface area contributed by atoms with E-state index in [4.69, 9.17) is 10.8 Å². The normalized spacial score (nSPS) is 19.3. The van der Waals surface area contributed by atoms with E-state index in [1.165, 1.54) is 4.31 Å². The first kappa shape index (κ1) is 20.3. The molecular weight excluding hydrogens is 363 g/mol. The van der Waals surface area contributed by atoms with Crippen LogP contribution in [-0.4, -0.2) is 42.8 Å². The van der Waals surface area contributed by atoms with Gasteiger partial charge in [0.2, 0.25) is 15.9 Å². The first-order valence-corrected chi connectivity index (χ1v) is 9.72. The highest BCUT2D eigenvalue weighted by molar-refractivity contribution is 7.89. The summed E-state index contributed by atoms with van der Waals surface area (Å²) >= 11 is 0. The van der Waals surface area contributed by atoms with Gasteiger partial charge in [-0.15, -0.1) is 0 Å². The van der Waals surface area contributed by atoms with Crippen LogP contribution in [0.4, 0.5) is 4.39 Å². The average molecular weight is 386 g/mol. The molecule has 2 rings (SSSR count). The van der Waals surface area contributed by atoms with Crippen molar-refractivity contribution in [3.63, 3.8) is 0 Å². The molecule has 1 atom stereocenters. The number of carboxylic acid groups (broad SMARTS) is 1. The molecule has 1 heterocycles. The molecule has 7 nitrogen and oxygen atoms in total. The van der Waals surface area contributed by atoms with Crippen LogP contribution >= 0.6 is 0 Å². The summed E-state index contributed by atoms with van der Waals surface area (Å²) in [6.07, 6.45) is 1.85. The maximum Gasteiger partial charge on any atom is 0.338 e. The van der Waals surface area contributed by atoms with E-state index in [2.05, 4.69) is 0 Å². The highest BCUT2D eigenvalue weighted by Gasteiger charge is 2.35. The van der Waals surface area contributed by atoms with Crippen molar-refractivity contribution in [2.24, 2.45) is 17.1 Å². The Morgan fingerprint density at radius 3 is 2.58 bits per heavy atom. The molecule has 1 aliphatic rings. The van der Waals surface area contributed by atoms with E-state index in [9.17, 15) is 22.4 Å². The second-order valence-corrected chi connectivity index (χ2v) is 9.21. The number of rotatable bonds is 6. The van der Waals surface area contributed by atoms with Crippen molar-refractivity contribution in [3.8, 4) is 0 Å². The van der Waals surface area contributed by atoms with Crippen LogP contribution in [0.2, 0.25) is 0 Å². The van der Waals surface area contributed by atoms with Crippen molar-refractivity contribution in [2.45, 2.75) is 38.0 Å². The van der Waals surface area contributed by atoms with Gasteiger partial charge in [-0.3, -0.25) is 4.79 Å². The first-order chi connectivity index (χ1) is 11.9. The summed E-state index contributed by atoms with van der Waals surface area (Å²) in [6.45, 7) is 3.95. The number of benzene rings is 1. The van der Waals surface area contributed by atoms with E-state index < -0.39 is 38.7 Å². The van der Waals surface area contributed by atoms with Crippen LogP contribution in [0.25, 0.3) is 0 Å². The van der Waals surface area contributed by atoms with Gasteiger partial charge < -0.3 is 10.8 Å². The fourth-order valence-corrected chi connectivity index (χ4v) is 4.78. The number of carbonyl (C=O) groups is 2. The monoisotopic (exact) mass is 386 g/mol. The Morgan fingerprint density at radius 1 is 1.38 bits per heavy atom. The zero-order chi connectivity index (χ0) is 19.7. The van der Waals surface area contributed by atoms with Crippen molar-refractivity contribution in [3.05, 3.63) is 29.6 Å². The van der Waals surface area contributed by atoms with Gasteiger partial charge in [0.15, 0.2) is 0 Å². The SMILES string of the molecule is CC(C)(CC1CCCN(S(=O)(=O)c2ccc(C(=O)O)c(F)c2)C1)C(N)=O. The second kappa shape index (κ2) is 7.32. The predicted octanol–water partition coefficient (Wildman–Crippen LogP) is 1.83. The highest BCUT2D eigenvalue weighted by Crippen LogP contribution is 2.32. The number of halogens is 1. The highest BCUT2D eigenvalue weighted by atomic mass is 32.2. The van der Waals surface area contributed by atoms with Crippen LogP contribution in [0.15, 0.2) is 23.1 Å². The van der Waals surface area contributed by atoms with Crippen molar-refractivity contribution < 1.29 is 27.5 Å². The quantitative estimate of drug-likeness (QED) is 0.773. The summed E-state index contributed by atoms with van der Waals surface area (Å²) in [5.41, 5.74) is 4.07. The molecule has 3 N–H and O–H groups in total. The Labute approximate surface area is 152 Å². The lowest BCUT2D eigenvalue weighted by Crippen LogP contribution is -2.42. The first-order valence-electron chi connectivity index (χ1n) is 8.28. The molecule has 1 aromatic carbocycles. The van der Waals surface area contributed by atoms with Gasteiger partial charge in [0, 0.05) is 18.5 Å². The second-order valence-electron chi connectivity index (χ2n) is 7.27. The minimum atomic E-state index is -3.95. The number of piperidine rings is 1. The molecule has 0 radical (unpaired) electrons. The minimum absolute atomic E-state index is 0.0378. The van der Waals surface area contributed by atoms with Crippen molar-refractivity contribution in [1.82, 2.24) is 4.31 Å².